The highest BCUT2D eigenvalue weighted by atomic mass is 32.2. The van der Waals surface area contributed by atoms with E-state index in [0.29, 0.717) is 12.5 Å². The number of hydrogen-bond donors (Lipinski definition) is 1. The Balaban J connectivity index is 1.96. The maximum absolute atomic E-state index is 14.5. The summed E-state index contributed by atoms with van der Waals surface area (Å²) in [6.45, 7) is -0.652. The molecule has 0 heterocycles. The molecule has 1 unspecified atom stereocenters. The van der Waals surface area contributed by atoms with Crippen molar-refractivity contribution in [3.63, 3.8) is 0 Å². The van der Waals surface area contributed by atoms with Crippen LogP contribution in [0.4, 0.5) is 30.7 Å². The minimum atomic E-state index is -4.76. The third-order valence-electron chi connectivity index (χ3n) is 4.92. The predicted octanol–water partition coefficient (Wildman–Crippen LogP) is 5.60. The first-order valence-electron chi connectivity index (χ1n) is 8.04. The summed E-state index contributed by atoms with van der Waals surface area (Å²) >= 11 is -0.632. The molecule has 27 heavy (non-hydrogen) atoms. The van der Waals surface area contributed by atoms with Crippen LogP contribution in [0.5, 0.6) is 0 Å². The lowest BCUT2D eigenvalue weighted by atomic mass is 9.69. The molecule has 2 aliphatic carbocycles. The minimum Gasteiger partial charge on any atom is -0.357 e. The van der Waals surface area contributed by atoms with Crippen LogP contribution in [0.15, 0.2) is 35.3 Å². The quantitative estimate of drug-likeness (QED) is 0.385. The highest BCUT2D eigenvalue weighted by molar-refractivity contribution is 8.00. The van der Waals surface area contributed by atoms with E-state index in [4.69, 9.17) is 4.74 Å². The summed E-state index contributed by atoms with van der Waals surface area (Å²) in [6, 6.07) is 3.33. The lowest BCUT2D eigenvalue weighted by Gasteiger charge is -2.42. The molecule has 1 N–H and O–H groups in total. The molecule has 3 rings (SSSR count). The minimum absolute atomic E-state index is 0.174. The summed E-state index contributed by atoms with van der Waals surface area (Å²) in [5.41, 5.74) is -6.80. The Morgan fingerprint density at radius 3 is 2.41 bits per heavy atom. The molecule has 0 spiro atoms. The molecular weight excluding hydrogens is 401 g/mol. The summed E-state index contributed by atoms with van der Waals surface area (Å²) in [7, 11) is 0. The lowest BCUT2D eigenvalue weighted by molar-refractivity contribution is -0.328. The number of halogens is 7. The molecule has 1 aromatic carbocycles. The topological polar surface area (TPSA) is 29.5 Å². The Morgan fingerprint density at radius 2 is 1.89 bits per heavy atom. The Labute approximate surface area is 154 Å². The Kier molecular flexibility index (Phi) is 5.05. The van der Waals surface area contributed by atoms with Gasteiger partial charge in [0.05, 0.1) is 6.61 Å². The third-order valence-corrected chi connectivity index (χ3v) is 5.71. The van der Waals surface area contributed by atoms with Gasteiger partial charge in [-0.15, -0.1) is 0 Å². The third kappa shape index (κ3) is 3.84. The molecule has 1 saturated carbocycles. The van der Waals surface area contributed by atoms with E-state index in [-0.39, 0.29) is 18.4 Å². The van der Waals surface area contributed by atoms with Gasteiger partial charge in [-0.3, -0.25) is 0 Å². The fourth-order valence-corrected chi connectivity index (χ4v) is 4.25. The summed E-state index contributed by atoms with van der Waals surface area (Å²) in [5, 5.41) is 10.6. The van der Waals surface area contributed by atoms with Crippen LogP contribution in [0.25, 0.3) is 0 Å². The van der Waals surface area contributed by atoms with Crippen LogP contribution >= 0.6 is 11.8 Å². The van der Waals surface area contributed by atoms with Gasteiger partial charge in [0.2, 0.25) is 0 Å². The van der Waals surface area contributed by atoms with Crippen LogP contribution in [0.3, 0.4) is 0 Å². The number of alkyl halides is 5. The Hall–Kier alpha value is -1.26. The van der Waals surface area contributed by atoms with E-state index < -0.39 is 64.0 Å². The molecule has 1 aromatic rings. The highest BCUT2D eigenvalue weighted by Crippen LogP contribution is 2.55. The number of thioether (sulfide) groups is 1. The molecule has 10 heteroatoms. The molecule has 150 valence electrons. The van der Waals surface area contributed by atoms with E-state index >= 15 is 0 Å². The molecule has 0 aromatic heterocycles. The fourth-order valence-electron chi connectivity index (χ4n) is 3.48. The first kappa shape index (κ1) is 20.5. The molecular formula is C17H15F7O2S. The second-order valence-electron chi connectivity index (χ2n) is 6.80. The van der Waals surface area contributed by atoms with Crippen molar-refractivity contribution in [3.8, 4) is 0 Å². The molecule has 1 fully saturated rings. The average Bonchev–Trinajstić information content (AvgIpc) is 2.67. The van der Waals surface area contributed by atoms with Crippen LogP contribution < -0.4 is 0 Å². The first-order chi connectivity index (χ1) is 12.4. The van der Waals surface area contributed by atoms with Gasteiger partial charge in [0, 0.05) is 22.3 Å². The molecule has 2 nitrogen and oxygen atoms in total. The standard InChI is InChI=1S/C17H15F7O2S/c18-12(19)8-14(5-2-6-14)9-26-16(25)13-10(7-15(16,20)21)3-1-4-11(13)27-17(22,23)24/h1,3-4,8,25H,2,5-7,9H2. The van der Waals surface area contributed by atoms with Crippen LogP contribution in [-0.2, 0) is 16.9 Å². The number of ether oxygens (including phenoxy) is 1. The zero-order valence-corrected chi connectivity index (χ0v) is 14.6. The van der Waals surface area contributed by atoms with Crippen molar-refractivity contribution in [1.82, 2.24) is 0 Å². The van der Waals surface area contributed by atoms with Crippen molar-refractivity contribution >= 4 is 11.8 Å². The number of aliphatic hydroxyl groups is 1. The number of fused-ring (bicyclic) bond motifs is 1. The molecule has 2 aliphatic rings. The van der Waals surface area contributed by atoms with Gasteiger partial charge in [0.15, 0.2) is 0 Å². The predicted molar refractivity (Wildman–Crippen MR) is 83.4 cm³/mol. The molecule has 0 aliphatic heterocycles. The molecule has 0 bridgehead atoms. The second-order valence-corrected chi connectivity index (χ2v) is 7.91. The monoisotopic (exact) mass is 416 g/mol. The zero-order chi connectivity index (χ0) is 20.1. The van der Waals surface area contributed by atoms with E-state index in [1.807, 2.05) is 0 Å². The van der Waals surface area contributed by atoms with Gasteiger partial charge in [-0.1, -0.05) is 18.6 Å². The second kappa shape index (κ2) is 6.66. The molecule has 0 saturated heterocycles. The molecule has 0 amide bonds. The van der Waals surface area contributed by atoms with Crippen LogP contribution in [0.2, 0.25) is 0 Å². The lowest BCUT2D eigenvalue weighted by Crippen LogP contribution is -2.47. The van der Waals surface area contributed by atoms with Gasteiger partial charge in [0.1, 0.15) is 0 Å². The van der Waals surface area contributed by atoms with Gasteiger partial charge in [-0.25, -0.2) is 0 Å². The zero-order valence-electron chi connectivity index (χ0n) is 13.8. The maximum atomic E-state index is 14.5. The molecule has 0 radical (unpaired) electrons. The van der Waals surface area contributed by atoms with Crippen LogP contribution in [0, 0.1) is 5.41 Å². The van der Waals surface area contributed by atoms with Crippen LogP contribution in [-0.4, -0.2) is 23.1 Å². The number of rotatable bonds is 5. The van der Waals surface area contributed by atoms with Gasteiger partial charge >= 0.3 is 11.4 Å². The summed E-state index contributed by atoms with van der Waals surface area (Å²) in [6.07, 6.45) is -1.34. The normalized spacial score (nSPS) is 25.6. The van der Waals surface area contributed by atoms with Crippen molar-refractivity contribution in [1.29, 1.82) is 0 Å². The van der Waals surface area contributed by atoms with Crippen molar-refractivity contribution < 1.29 is 40.6 Å². The van der Waals surface area contributed by atoms with Crippen molar-refractivity contribution in [2.75, 3.05) is 6.61 Å². The SMILES string of the molecule is OC1(OCC2(C=C(F)F)CCC2)c2c(cccc2SC(F)(F)F)CC1(F)F. The number of hydrogen-bond acceptors (Lipinski definition) is 3. The van der Waals surface area contributed by atoms with Gasteiger partial charge in [0.25, 0.3) is 11.9 Å². The first-order valence-corrected chi connectivity index (χ1v) is 8.85. The van der Waals surface area contributed by atoms with Crippen LogP contribution in [0.1, 0.15) is 30.4 Å². The maximum Gasteiger partial charge on any atom is 0.446 e. The average molecular weight is 416 g/mol. The summed E-state index contributed by atoms with van der Waals surface area (Å²) in [5.74, 6) is -7.22. The molecule has 1 atom stereocenters. The Morgan fingerprint density at radius 1 is 1.22 bits per heavy atom. The van der Waals surface area contributed by atoms with E-state index in [9.17, 15) is 35.8 Å². The fraction of sp³-hybridized carbons (Fsp3) is 0.529. The van der Waals surface area contributed by atoms with E-state index in [2.05, 4.69) is 0 Å². The highest BCUT2D eigenvalue weighted by Gasteiger charge is 2.63. The van der Waals surface area contributed by atoms with Gasteiger partial charge in [-0.05, 0) is 42.3 Å². The smallest absolute Gasteiger partial charge is 0.357 e. The van der Waals surface area contributed by atoms with Crippen molar-refractivity contribution in [3.05, 3.63) is 41.5 Å². The van der Waals surface area contributed by atoms with E-state index in [1.54, 1.807) is 0 Å². The van der Waals surface area contributed by atoms with Gasteiger partial charge < -0.3 is 9.84 Å². The van der Waals surface area contributed by atoms with E-state index in [0.717, 1.165) is 6.07 Å². The largest absolute Gasteiger partial charge is 0.446 e. The van der Waals surface area contributed by atoms with Crippen molar-refractivity contribution in [2.45, 2.75) is 47.8 Å². The Bertz CT molecular complexity index is 754. The van der Waals surface area contributed by atoms with E-state index in [1.165, 1.54) is 12.1 Å². The summed E-state index contributed by atoms with van der Waals surface area (Å²) in [4.78, 5) is -0.602. The number of benzene rings is 1. The van der Waals surface area contributed by atoms with Gasteiger partial charge in [-0.2, -0.15) is 30.7 Å². The summed E-state index contributed by atoms with van der Waals surface area (Å²) < 4.78 is 97.8. The van der Waals surface area contributed by atoms with Crippen molar-refractivity contribution in [2.24, 2.45) is 5.41 Å².